The molecule has 21 heavy (non-hydrogen) atoms. The SMILES string of the molecule is CCN1CC(C(=O)N(C)CCCc2cnn(C)c2)CC1=O. The molecule has 1 atom stereocenters. The van der Waals surface area contributed by atoms with E-state index < -0.39 is 0 Å². The van der Waals surface area contributed by atoms with E-state index in [9.17, 15) is 9.59 Å². The average molecular weight is 292 g/mol. The standard InChI is InChI=1S/C15H24N4O2/c1-4-19-11-13(8-14(19)20)15(21)17(2)7-5-6-12-9-16-18(3)10-12/h9-10,13H,4-8,11H2,1-3H3. The molecular weight excluding hydrogens is 268 g/mol. The van der Waals surface area contributed by atoms with Crippen molar-refractivity contribution >= 4 is 11.8 Å². The first-order valence-electron chi connectivity index (χ1n) is 7.51. The Morgan fingerprint density at radius 3 is 2.86 bits per heavy atom. The maximum Gasteiger partial charge on any atom is 0.227 e. The highest BCUT2D eigenvalue weighted by Gasteiger charge is 2.34. The Morgan fingerprint density at radius 1 is 1.52 bits per heavy atom. The first-order chi connectivity index (χ1) is 10.0. The molecule has 0 N–H and O–H groups in total. The summed E-state index contributed by atoms with van der Waals surface area (Å²) in [4.78, 5) is 27.5. The molecule has 2 heterocycles. The highest BCUT2D eigenvalue weighted by molar-refractivity contribution is 5.89. The molecule has 1 unspecified atom stereocenters. The lowest BCUT2D eigenvalue weighted by Gasteiger charge is -2.21. The summed E-state index contributed by atoms with van der Waals surface area (Å²) in [5, 5.41) is 4.13. The monoisotopic (exact) mass is 292 g/mol. The number of nitrogens with zero attached hydrogens (tertiary/aromatic N) is 4. The number of amides is 2. The second-order valence-corrected chi connectivity index (χ2v) is 5.72. The molecule has 1 aliphatic heterocycles. The van der Waals surface area contributed by atoms with Gasteiger partial charge in [0, 0.05) is 46.3 Å². The van der Waals surface area contributed by atoms with E-state index in [1.807, 2.05) is 33.4 Å². The van der Waals surface area contributed by atoms with Gasteiger partial charge in [-0.15, -0.1) is 0 Å². The molecule has 0 aromatic carbocycles. The van der Waals surface area contributed by atoms with Crippen molar-refractivity contribution in [2.75, 3.05) is 26.7 Å². The molecule has 0 saturated carbocycles. The van der Waals surface area contributed by atoms with Crippen molar-refractivity contribution < 1.29 is 9.59 Å². The smallest absolute Gasteiger partial charge is 0.227 e. The molecule has 0 bridgehead atoms. The second kappa shape index (κ2) is 6.74. The Kier molecular flexibility index (Phi) is 4.98. The predicted octanol–water partition coefficient (Wildman–Crippen LogP) is 0.679. The summed E-state index contributed by atoms with van der Waals surface area (Å²) in [5.41, 5.74) is 1.19. The van der Waals surface area contributed by atoms with E-state index >= 15 is 0 Å². The van der Waals surface area contributed by atoms with Crippen LogP contribution < -0.4 is 0 Å². The summed E-state index contributed by atoms with van der Waals surface area (Å²) in [6, 6.07) is 0. The van der Waals surface area contributed by atoms with Crippen LogP contribution in [0.4, 0.5) is 0 Å². The largest absolute Gasteiger partial charge is 0.345 e. The third kappa shape index (κ3) is 3.83. The van der Waals surface area contributed by atoms with Gasteiger partial charge in [-0.3, -0.25) is 14.3 Å². The average Bonchev–Trinajstić information content (AvgIpc) is 3.03. The predicted molar refractivity (Wildman–Crippen MR) is 79.5 cm³/mol. The van der Waals surface area contributed by atoms with Crippen molar-refractivity contribution in [2.24, 2.45) is 13.0 Å². The molecule has 6 heteroatoms. The Morgan fingerprint density at radius 2 is 2.29 bits per heavy atom. The quantitative estimate of drug-likeness (QED) is 0.775. The summed E-state index contributed by atoms with van der Waals surface area (Å²) in [5.74, 6) is 0.0194. The normalized spacial score (nSPS) is 18.3. The minimum Gasteiger partial charge on any atom is -0.345 e. The molecule has 6 nitrogen and oxygen atoms in total. The van der Waals surface area contributed by atoms with Gasteiger partial charge in [-0.25, -0.2) is 0 Å². The van der Waals surface area contributed by atoms with E-state index in [4.69, 9.17) is 0 Å². The van der Waals surface area contributed by atoms with E-state index in [-0.39, 0.29) is 17.7 Å². The van der Waals surface area contributed by atoms with Gasteiger partial charge >= 0.3 is 0 Å². The molecule has 1 aliphatic rings. The highest BCUT2D eigenvalue weighted by atomic mass is 16.2. The Hall–Kier alpha value is -1.85. The van der Waals surface area contributed by atoms with Crippen LogP contribution >= 0.6 is 0 Å². The Balaban J connectivity index is 1.76. The lowest BCUT2D eigenvalue weighted by Crippen LogP contribution is -2.35. The number of aryl methyl sites for hydroxylation is 2. The Labute approximate surface area is 125 Å². The summed E-state index contributed by atoms with van der Waals surface area (Å²) >= 11 is 0. The fourth-order valence-electron chi connectivity index (χ4n) is 2.79. The third-order valence-corrected chi connectivity index (χ3v) is 4.04. The molecule has 0 aliphatic carbocycles. The van der Waals surface area contributed by atoms with Crippen molar-refractivity contribution in [3.63, 3.8) is 0 Å². The van der Waals surface area contributed by atoms with E-state index in [0.29, 0.717) is 26.1 Å². The molecule has 0 radical (unpaired) electrons. The minimum atomic E-state index is -0.166. The summed E-state index contributed by atoms with van der Waals surface area (Å²) in [7, 11) is 3.72. The Bertz CT molecular complexity index is 512. The van der Waals surface area contributed by atoms with Gasteiger partial charge in [0.1, 0.15) is 0 Å². The second-order valence-electron chi connectivity index (χ2n) is 5.72. The number of hydrogen-bond acceptors (Lipinski definition) is 3. The maximum atomic E-state index is 12.3. The van der Waals surface area contributed by atoms with Gasteiger partial charge in [-0.1, -0.05) is 0 Å². The zero-order valence-corrected chi connectivity index (χ0v) is 13.1. The molecule has 1 fully saturated rings. The highest BCUT2D eigenvalue weighted by Crippen LogP contribution is 2.19. The van der Waals surface area contributed by atoms with E-state index in [1.54, 1.807) is 14.5 Å². The van der Waals surface area contributed by atoms with Gasteiger partial charge < -0.3 is 9.80 Å². The number of rotatable bonds is 6. The van der Waals surface area contributed by atoms with Crippen LogP contribution in [0.5, 0.6) is 0 Å². The summed E-state index contributed by atoms with van der Waals surface area (Å²) in [6.45, 7) is 3.92. The summed E-state index contributed by atoms with van der Waals surface area (Å²) < 4.78 is 1.79. The van der Waals surface area contributed by atoms with Crippen LogP contribution in [0.15, 0.2) is 12.4 Å². The van der Waals surface area contributed by atoms with Crippen LogP contribution in [-0.2, 0) is 23.1 Å². The summed E-state index contributed by atoms with van der Waals surface area (Å²) in [6.07, 6.45) is 6.04. The van der Waals surface area contributed by atoms with Crippen LogP contribution in [0.3, 0.4) is 0 Å². The number of hydrogen-bond donors (Lipinski definition) is 0. The van der Waals surface area contributed by atoms with Crippen molar-refractivity contribution in [3.05, 3.63) is 18.0 Å². The van der Waals surface area contributed by atoms with Gasteiger partial charge in [-0.05, 0) is 25.3 Å². The number of aromatic nitrogens is 2. The van der Waals surface area contributed by atoms with Crippen LogP contribution in [-0.4, -0.2) is 58.1 Å². The van der Waals surface area contributed by atoms with Crippen molar-refractivity contribution in [1.29, 1.82) is 0 Å². The van der Waals surface area contributed by atoms with Crippen LogP contribution in [0.2, 0.25) is 0 Å². The third-order valence-electron chi connectivity index (χ3n) is 4.04. The molecule has 1 aromatic rings. The van der Waals surface area contributed by atoms with Crippen molar-refractivity contribution in [1.82, 2.24) is 19.6 Å². The first kappa shape index (κ1) is 15.5. The van der Waals surface area contributed by atoms with Gasteiger partial charge in [-0.2, -0.15) is 5.10 Å². The van der Waals surface area contributed by atoms with Gasteiger partial charge in [0.05, 0.1) is 12.1 Å². The molecular formula is C15H24N4O2. The lowest BCUT2D eigenvalue weighted by molar-refractivity contribution is -0.134. The fraction of sp³-hybridized carbons (Fsp3) is 0.667. The lowest BCUT2D eigenvalue weighted by atomic mass is 10.1. The van der Waals surface area contributed by atoms with Gasteiger partial charge in [0.15, 0.2) is 0 Å². The molecule has 1 saturated heterocycles. The molecule has 116 valence electrons. The van der Waals surface area contributed by atoms with Gasteiger partial charge in [0.2, 0.25) is 11.8 Å². The fourth-order valence-corrected chi connectivity index (χ4v) is 2.79. The van der Waals surface area contributed by atoms with Crippen LogP contribution in [0.1, 0.15) is 25.3 Å². The van der Waals surface area contributed by atoms with Crippen LogP contribution in [0, 0.1) is 5.92 Å². The zero-order chi connectivity index (χ0) is 15.4. The number of carbonyl (C=O) groups excluding carboxylic acids is 2. The number of likely N-dealkylation sites (tertiary alicyclic amines) is 1. The molecule has 0 spiro atoms. The first-order valence-corrected chi connectivity index (χ1v) is 7.51. The molecule has 2 amide bonds. The van der Waals surface area contributed by atoms with Crippen molar-refractivity contribution in [3.8, 4) is 0 Å². The van der Waals surface area contributed by atoms with Gasteiger partial charge in [0.25, 0.3) is 0 Å². The van der Waals surface area contributed by atoms with E-state index in [1.165, 1.54) is 5.56 Å². The van der Waals surface area contributed by atoms with E-state index in [0.717, 1.165) is 12.8 Å². The topological polar surface area (TPSA) is 58.4 Å². The number of carbonyl (C=O) groups is 2. The molecule has 1 aromatic heterocycles. The van der Waals surface area contributed by atoms with Crippen LogP contribution in [0.25, 0.3) is 0 Å². The zero-order valence-electron chi connectivity index (χ0n) is 13.1. The van der Waals surface area contributed by atoms with E-state index in [2.05, 4.69) is 5.10 Å². The minimum absolute atomic E-state index is 0.0884. The van der Waals surface area contributed by atoms with Crippen molar-refractivity contribution in [2.45, 2.75) is 26.2 Å². The maximum absolute atomic E-state index is 12.3. The molecule has 2 rings (SSSR count).